The van der Waals surface area contributed by atoms with Crippen molar-refractivity contribution in [3.63, 3.8) is 0 Å². The van der Waals surface area contributed by atoms with Gasteiger partial charge in [-0.1, -0.05) is 11.6 Å². The second-order valence-electron chi connectivity index (χ2n) is 2.74. The van der Waals surface area contributed by atoms with E-state index in [2.05, 4.69) is 5.10 Å². The summed E-state index contributed by atoms with van der Waals surface area (Å²) in [5.41, 5.74) is 0. The van der Waals surface area contributed by atoms with Gasteiger partial charge in [-0.05, 0) is 12.1 Å². The van der Waals surface area contributed by atoms with Gasteiger partial charge in [0.25, 0.3) is 0 Å². The molecule has 4 nitrogen and oxygen atoms in total. The van der Waals surface area contributed by atoms with Gasteiger partial charge >= 0.3 is 0 Å². The van der Waals surface area contributed by atoms with E-state index in [0.29, 0.717) is 17.4 Å². The molecule has 0 N–H and O–H groups in total. The van der Waals surface area contributed by atoms with E-state index in [-0.39, 0.29) is 0 Å². The van der Waals surface area contributed by atoms with Crippen LogP contribution in [0.15, 0.2) is 29.0 Å². The summed E-state index contributed by atoms with van der Waals surface area (Å²) in [6, 6.07) is 3.69. The smallest absolute Gasteiger partial charge is 0.175 e. The Hall–Kier alpha value is -1.42. The van der Waals surface area contributed by atoms with Gasteiger partial charge in [0.2, 0.25) is 0 Å². The molecule has 0 aliphatic rings. The van der Waals surface area contributed by atoms with Gasteiger partial charge in [0, 0.05) is 0 Å². The molecule has 0 fully saturated rings. The normalized spacial score (nSPS) is 10.4. The van der Waals surface area contributed by atoms with Crippen LogP contribution < -0.4 is 4.74 Å². The van der Waals surface area contributed by atoms with Crippen molar-refractivity contribution < 1.29 is 9.15 Å². The highest BCUT2D eigenvalue weighted by Gasteiger charge is 2.09. The van der Waals surface area contributed by atoms with E-state index < -0.39 is 0 Å². The highest BCUT2D eigenvalue weighted by molar-refractivity contribution is 6.31. The molecule has 0 unspecified atom stereocenters. The van der Waals surface area contributed by atoms with E-state index >= 15 is 0 Å². The fourth-order valence-corrected chi connectivity index (χ4v) is 1.38. The van der Waals surface area contributed by atoms with Crippen LogP contribution in [-0.4, -0.2) is 16.9 Å². The van der Waals surface area contributed by atoms with Gasteiger partial charge in [-0.3, -0.25) is 0 Å². The number of hydrogen-bond acceptors (Lipinski definition) is 3. The van der Waals surface area contributed by atoms with E-state index in [9.17, 15) is 0 Å². The van der Waals surface area contributed by atoms with Crippen LogP contribution in [0.1, 0.15) is 5.76 Å². The molecular formula is C9H9ClN2O2. The molecule has 2 heterocycles. The Kier molecular flexibility index (Phi) is 2.45. The number of ether oxygens (including phenoxy) is 1. The monoisotopic (exact) mass is 212 g/mol. The Morgan fingerprint density at radius 2 is 2.50 bits per heavy atom. The number of rotatable bonds is 3. The fraction of sp³-hybridized carbons (Fsp3) is 0.222. The maximum absolute atomic E-state index is 5.98. The summed E-state index contributed by atoms with van der Waals surface area (Å²) in [6.45, 7) is 0.509. The summed E-state index contributed by atoms with van der Waals surface area (Å²) in [7, 11) is 1.56. The third kappa shape index (κ3) is 1.61. The van der Waals surface area contributed by atoms with Crippen molar-refractivity contribution in [3.8, 4) is 5.75 Å². The van der Waals surface area contributed by atoms with Gasteiger partial charge in [-0.2, -0.15) is 5.10 Å². The molecule has 0 aromatic carbocycles. The minimum Gasteiger partial charge on any atom is -0.492 e. The number of halogens is 1. The first-order chi connectivity index (χ1) is 6.81. The number of hydrogen-bond donors (Lipinski definition) is 0. The van der Waals surface area contributed by atoms with Crippen LogP contribution in [-0.2, 0) is 6.54 Å². The van der Waals surface area contributed by atoms with Gasteiger partial charge in [0.15, 0.2) is 10.9 Å². The first-order valence-corrected chi connectivity index (χ1v) is 4.46. The Bertz CT molecular complexity index is 408. The summed E-state index contributed by atoms with van der Waals surface area (Å²) >= 11 is 5.98. The van der Waals surface area contributed by atoms with Gasteiger partial charge in [-0.25, -0.2) is 4.68 Å². The van der Waals surface area contributed by atoms with Crippen LogP contribution >= 0.6 is 11.6 Å². The van der Waals surface area contributed by atoms with Crippen LogP contribution in [0.3, 0.4) is 0 Å². The Labute approximate surface area is 86.0 Å². The molecule has 0 bridgehead atoms. The van der Waals surface area contributed by atoms with Crippen LogP contribution in [0.25, 0.3) is 0 Å². The lowest BCUT2D eigenvalue weighted by molar-refractivity contribution is 0.413. The lowest BCUT2D eigenvalue weighted by atomic mass is 10.4. The number of aromatic nitrogens is 2. The summed E-state index contributed by atoms with van der Waals surface area (Å²) in [4.78, 5) is 0. The molecule has 2 rings (SSSR count). The maximum atomic E-state index is 5.98. The molecule has 14 heavy (non-hydrogen) atoms. The maximum Gasteiger partial charge on any atom is 0.175 e. The van der Waals surface area contributed by atoms with Crippen molar-refractivity contribution in [1.82, 2.24) is 9.78 Å². The average Bonchev–Trinajstić information content (AvgIpc) is 2.79. The minimum absolute atomic E-state index is 0.476. The Morgan fingerprint density at radius 1 is 1.64 bits per heavy atom. The molecule has 2 aromatic heterocycles. The van der Waals surface area contributed by atoms with Gasteiger partial charge in [0.1, 0.15) is 12.3 Å². The minimum atomic E-state index is 0.476. The Balaban J connectivity index is 2.21. The number of nitrogens with zero attached hydrogens (tertiary/aromatic N) is 2. The molecule has 0 saturated carbocycles. The number of methoxy groups -OCH3 is 1. The molecule has 0 saturated heterocycles. The molecule has 0 spiro atoms. The van der Waals surface area contributed by atoms with Crippen molar-refractivity contribution in [3.05, 3.63) is 35.5 Å². The third-order valence-electron chi connectivity index (χ3n) is 1.85. The molecule has 0 aliphatic heterocycles. The van der Waals surface area contributed by atoms with E-state index in [4.69, 9.17) is 20.8 Å². The summed E-state index contributed by atoms with van der Waals surface area (Å²) in [5.74, 6) is 1.37. The van der Waals surface area contributed by atoms with E-state index in [1.807, 2.05) is 12.1 Å². The van der Waals surface area contributed by atoms with Crippen molar-refractivity contribution in [2.24, 2.45) is 0 Å². The van der Waals surface area contributed by atoms with Crippen molar-refractivity contribution in [2.75, 3.05) is 7.11 Å². The second-order valence-corrected chi connectivity index (χ2v) is 3.10. The van der Waals surface area contributed by atoms with Crippen LogP contribution in [0, 0.1) is 0 Å². The molecule has 5 heteroatoms. The first kappa shape index (κ1) is 9.15. The largest absolute Gasteiger partial charge is 0.492 e. The SMILES string of the molecule is COc1cnn(Cc2ccco2)c1Cl. The van der Waals surface area contributed by atoms with Crippen molar-refractivity contribution in [2.45, 2.75) is 6.54 Å². The van der Waals surface area contributed by atoms with Crippen LogP contribution in [0.5, 0.6) is 5.75 Å². The lowest BCUT2D eigenvalue weighted by Gasteiger charge is -2.00. The van der Waals surface area contributed by atoms with Crippen molar-refractivity contribution >= 4 is 11.6 Å². The standard InChI is InChI=1S/C9H9ClN2O2/c1-13-8-5-11-12(9(8)10)6-7-3-2-4-14-7/h2-5H,6H2,1H3. The molecule has 0 radical (unpaired) electrons. The highest BCUT2D eigenvalue weighted by Crippen LogP contribution is 2.23. The average molecular weight is 213 g/mol. The second kappa shape index (κ2) is 3.75. The van der Waals surface area contributed by atoms with Crippen LogP contribution in [0.2, 0.25) is 5.15 Å². The molecule has 0 atom stereocenters. The summed E-state index contributed by atoms with van der Waals surface area (Å²) < 4.78 is 11.8. The molecule has 0 amide bonds. The van der Waals surface area contributed by atoms with Gasteiger partial charge in [-0.15, -0.1) is 0 Å². The zero-order valence-corrected chi connectivity index (χ0v) is 8.36. The van der Waals surface area contributed by atoms with E-state index in [1.165, 1.54) is 0 Å². The summed E-state index contributed by atoms with van der Waals surface area (Å²) in [6.07, 6.45) is 3.19. The molecular weight excluding hydrogens is 204 g/mol. The van der Waals surface area contributed by atoms with Gasteiger partial charge < -0.3 is 9.15 Å². The quantitative estimate of drug-likeness (QED) is 0.783. The van der Waals surface area contributed by atoms with E-state index in [1.54, 1.807) is 24.3 Å². The zero-order chi connectivity index (χ0) is 9.97. The lowest BCUT2D eigenvalue weighted by Crippen LogP contribution is -2.00. The third-order valence-corrected chi connectivity index (χ3v) is 2.23. The topological polar surface area (TPSA) is 40.2 Å². The molecule has 74 valence electrons. The zero-order valence-electron chi connectivity index (χ0n) is 7.61. The van der Waals surface area contributed by atoms with Crippen LogP contribution in [0.4, 0.5) is 0 Å². The first-order valence-electron chi connectivity index (χ1n) is 4.09. The van der Waals surface area contributed by atoms with E-state index in [0.717, 1.165) is 5.76 Å². The number of furan rings is 1. The predicted molar refractivity (Wildman–Crippen MR) is 51.6 cm³/mol. The van der Waals surface area contributed by atoms with Gasteiger partial charge in [0.05, 0.1) is 19.6 Å². The molecule has 0 aliphatic carbocycles. The Morgan fingerprint density at radius 3 is 3.07 bits per heavy atom. The highest BCUT2D eigenvalue weighted by atomic mass is 35.5. The molecule has 2 aromatic rings. The van der Waals surface area contributed by atoms with Crippen molar-refractivity contribution in [1.29, 1.82) is 0 Å². The fourth-order valence-electron chi connectivity index (χ4n) is 1.15. The predicted octanol–water partition coefficient (Wildman–Crippen LogP) is 2.19. The summed E-state index contributed by atoms with van der Waals surface area (Å²) in [5, 5.41) is 4.54.